The minimum Gasteiger partial charge on any atom is -0.338 e. The van der Waals surface area contributed by atoms with Crippen molar-refractivity contribution in [2.24, 2.45) is 5.92 Å². The maximum Gasteiger partial charge on any atom is 0.254 e. The Morgan fingerprint density at radius 2 is 1.86 bits per heavy atom. The minimum atomic E-state index is 0.0871. The lowest BCUT2D eigenvalue weighted by Crippen LogP contribution is -2.53. The van der Waals surface area contributed by atoms with E-state index in [2.05, 4.69) is 21.2 Å². The van der Waals surface area contributed by atoms with Gasteiger partial charge in [0, 0.05) is 62.5 Å². The first-order valence-corrected chi connectivity index (χ1v) is 9.98. The summed E-state index contributed by atoms with van der Waals surface area (Å²) >= 11 is 0. The van der Waals surface area contributed by atoms with Crippen LogP contribution >= 0.6 is 0 Å². The normalized spacial score (nSPS) is 19.8. The standard InChI is InChI=1S/C21H25N5O2/c1-24-10-16(11-24)20(27)25-7-5-17-14(12-25)3-2-4-18(17)21(28)26-8-6-19-15(13-26)9-22-23-19/h2-4,9,16H,5-8,10-13H2,1H3,(H,22,23). The highest BCUT2D eigenvalue weighted by molar-refractivity contribution is 5.96. The number of fused-ring (bicyclic) bond motifs is 2. The summed E-state index contributed by atoms with van der Waals surface area (Å²) in [5, 5.41) is 7.11. The van der Waals surface area contributed by atoms with Crippen LogP contribution in [0.25, 0.3) is 0 Å². The van der Waals surface area contributed by atoms with Crippen LogP contribution < -0.4 is 0 Å². The second-order valence-electron chi connectivity index (χ2n) is 8.22. The molecule has 4 heterocycles. The van der Waals surface area contributed by atoms with Gasteiger partial charge in [-0.25, -0.2) is 0 Å². The summed E-state index contributed by atoms with van der Waals surface area (Å²) in [4.78, 5) is 32.0. The number of hydrogen-bond acceptors (Lipinski definition) is 4. The van der Waals surface area contributed by atoms with Crippen molar-refractivity contribution in [3.8, 4) is 0 Å². The van der Waals surface area contributed by atoms with Crippen LogP contribution in [-0.2, 0) is 30.7 Å². The Labute approximate surface area is 164 Å². The Hall–Kier alpha value is -2.67. The van der Waals surface area contributed by atoms with Gasteiger partial charge >= 0.3 is 0 Å². The SMILES string of the molecule is CN1CC(C(=O)N2CCc3c(cccc3C(=O)N3CCc4[nH]ncc4C3)C2)C1. The summed E-state index contributed by atoms with van der Waals surface area (Å²) in [5.41, 5.74) is 5.25. The summed E-state index contributed by atoms with van der Waals surface area (Å²) in [6.45, 7) is 4.33. The summed E-state index contributed by atoms with van der Waals surface area (Å²) < 4.78 is 0. The smallest absolute Gasteiger partial charge is 0.254 e. The number of H-pyrrole nitrogens is 1. The minimum absolute atomic E-state index is 0.0871. The number of amides is 2. The van der Waals surface area contributed by atoms with E-state index in [9.17, 15) is 9.59 Å². The summed E-state index contributed by atoms with van der Waals surface area (Å²) in [6, 6.07) is 5.94. The second-order valence-corrected chi connectivity index (χ2v) is 8.22. The number of benzene rings is 1. The molecule has 1 aromatic heterocycles. The zero-order valence-corrected chi connectivity index (χ0v) is 16.1. The quantitative estimate of drug-likeness (QED) is 0.847. The summed E-state index contributed by atoms with van der Waals surface area (Å²) in [5.74, 6) is 0.474. The molecule has 0 saturated carbocycles. The van der Waals surface area contributed by atoms with E-state index in [0.29, 0.717) is 26.2 Å². The van der Waals surface area contributed by atoms with Gasteiger partial charge in [0.1, 0.15) is 0 Å². The van der Waals surface area contributed by atoms with E-state index in [1.807, 2.05) is 35.2 Å². The Balaban J connectivity index is 1.34. The molecular weight excluding hydrogens is 354 g/mol. The van der Waals surface area contributed by atoms with Gasteiger partial charge in [-0.15, -0.1) is 0 Å². The average molecular weight is 379 g/mol. The highest BCUT2D eigenvalue weighted by Crippen LogP contribution is 2.27. The van der Waals surface area contributed by atoms with Gasteiger partial charge in [0.15, 0.2) is 0 Å². The molecule has 0 atom stereocenters. The summed E-state index contributed by atoms with van der Waals surface area (Å²) in [6.07, 6.45) is 3.38. The molecule has 3 aliphatic rings. The predicted octanol–water partition coefficient (Wildman–Crippen LogP) is 1.05. The van der Waals surface area contributed by atoms with Crippen molar-refractivity contribution in [2.45, 2.75) is 25.9 Å². The van der Waals surface area contributed by atoms with Crippen molar-refractivity contribution < 1.29 is 9.59 Å². The number of nitrogens with zero attached hydrogens (tertiary/aromatic N) is 4. The molecular formula is C21H25N5O2. The number of aromatic nitrogens is 2. The van der Waals surface area contributed by atoms with Crippen LogP contribution in [0.5, 0.6) is 0 Å². The largest absolute Gasteiger partial charge is 0.338 e. The lowest BCUT2D eigenvalue weighted by atomic mass is 9.91. The molecule has 28 heavy (non-hydrogen) atoms. The van der Waals surface area contributed by atoms with Gasteiger partial charge in [-0.3, -0.25) is 14.7 Å². The van der Waals surface area contributed by atoms with E-state index < -0.39 is 0 Å². The van der Waals surface area contributed by atoms with Crippen molar-refractivity contribution >= 4 is 11.8 Å². The summed E-state index contributed by atoms with van der Waals surface area (Å²) in [7, 11) is 2.04. The molecule has 0 spiro atoms. The molecule has 5 rings (SSSR count). The maximum atomic E-state index is 13.2. The van der Waals surface area contributed by atoms with E-state index in [4.69, 9.17) is 0 Å². The Kier molecular flexibility index (Phi) is 4.19. The monoisotopic (exact) mass is 379 g/mol. The van der Waals surface area contributed by atoms with Gasteiger partial charge in [-0.05, 0) is 30.7 Å². The fourth-order valence-electron chi connectivity index (χ4n) is 4.68. The molecule has 2 aromatic rings. The third-order valence-electron chi connectivity index (χ3n) is 6.31. The number of carbonyl (C=O) groups is 2. The molecule has 1 N–H and O–H groups in total. The number of aromatic amines is 1. The molecule has 1 aromatic carbocycles. The highest BCUT2D eigenvalue weighted by atomic mass is 16.2. The van der Waals surface area contributed by atoms with Crippen LogP contribution in [0.1, 0.15) is 32.7 Å². The van der Waals surface area contributed by atoms with Gasteiger partial charge in [0.25, 0.3) is 5.91 Å². The maximum absolute atomic E-state index is 13.2. The van der Waals surface area contributed by atoms with Crippen LogP contribution in [0.3, 0.4) is 0 Å². The van der Waals surface area contributed by atoms with Gasteiger partial charge in [-0.1, -0.05) is 12.1 Å². The highest BCUT2D eigenvalue weighted by Gasteiger charge is 2.35. The van der Waals surface area contributed by atoms with Gasteiger partial charge < -0.3 is 14.7 Å². The van der Waals surface area contributed by atoms with Crippen LogP contribution in [0.2, 0.25) is 0 Å². The first-order valence-electron chi connectivity index (χ1n) is 9.98. The van der Waals surface area contributed by atoms with Crippen LogP contribution in [-0.4, -0.2) is 69.9 Å². The molecule has 1 saturated heterocycles. The van der Waals surface area contributed by atoms with Crippen LogP contribution in [0, 0.1) is 5.92 Å². The van der Waals surface area contributed by atoms with E-state index in [-0.39, 0.29) is 17.7 Å². The third-order valence-corrected chi connectivity index (χ3v) is 6.31. The molecule has 2 amide bonds. The second kappa shape index (κ2) is 6.74. The molecule has 7 nitrogen and oxygen atoms in total. The van der Waals surface area contributed by atoms with Crippen molar-refractivity contribution in [1.82, 2.24) is 24.9 Å². The molecule has 0 radical (unpaired) electrons. The molecule has 7 heteroatoms. The Morgan fingerprint density at radius 1 is 1.07 bits per heavy atom. The lowest BCUT2D eigenvalue weighted by molar-refractivity contribution is -0.141. The van der Waals surface area contributed by atoms with Crippen LogP contribution in [0.15, 0.2) is 24.4 Å². The molecule has 1 fully saturated rings. The number of nitrogens with one attached hydrogen (secondary N) is 1. The lowest BCUT2D eigenvalue weighted by Gasteiger charge is -2.40. The van der Waals surface area contributed by atoms with E-state index >= 15 is 0 Å². The van der Waals surface area contributed by atoms with Gasteiger partial charge in [0.2, 0.25) is 5.91 Å². The fraction of sp³-hybridized carbons (Fsp3) is 0.476. The molecule has 146 valence electrons. The van der Waals surface area contributed by atoms with Gasteiger partial charge in [-0.2, -0.15) is 5.10 Å². The Bertz CT molecular complexity index is 931. The number of carbonyl (C=O) groups excluding carboxylic acids is 2. The number of hydrogen-bond donors (Lipinski definition) is 1. The average Bonchev–Trinajstić information content (AvgIpc) is 3.17. The van der Waals surface area contributed by atoms with Crippen molar-refractivity contribution in [2.75, 3.05) is 33.2 Å². The van der Waals surface area contributed by atoms with Crippen molar-refractivity contribution in [3.05, 3.63) is 52.3 Å². The van der Waals surface area contributed by atoms with Gasteiger partial charge in [0.05, 0.1) is 12.1 Å². The zero-order chi connectivity index (χ0) is 19.3. The first kappa shape index (κ1) is 17.4. The molecule has 0 aliphatic carbocycles. The van der Waals surface area contributed by atoms with E-state index in [1.165, 1.54) is 0 Å². The van der Waals surface area contributed by atoms with E-state index in [0.717, 1.165) is 53.9 Å². The molecule has 0 bridgehead atoms. The first-order chi connectivity index (χ1) is 13.6. The van der Waals surface area contributed by atoms with Crippen LogP contribution in [0.4, 0.5) is 0 Å². The van der Waals surface area contributed by atoms with E-state index in [1.54, 1.807) is 0 Å². The van der Waals surface area contributed by atoms with Crippen molar-refractivity contribution in [1.29, 1.82) is 0 Å². The predicted molar refractivity (Wildman–Crippen MR) is 104 cm³/mol. The van der Waals surface area contributed by atoms with Crippen molar-refractivity contribution in [3.63, 3.8) is 0 Å². The number of rotatable bonds is 2. The Morgan fingerprint density at radius 3 is 2.68 bits per heavy atom. The molecule has 0 unspecified atom stereocenters. The fourth-order valence-corrected chi connectivity index (χ4v) is 4.68. The number of likely N-dealkylation sites (tertiary alicyclic amines) is 1. The topological polar surface area (TPSA) is 72.5 Å². The zero-order valence-electron chi connectivity index (χ0n) is 16.1. The molecule has 3 aliphatic heterocycles. The third kappa shape index (κ3) is 2.90.